The van der Waals surface area contributed by atoms with E-state index in [1.165, 1.54) is 30.2 Å². The highest BCUT2D eigenvalue weighted by Gasteiger charge is 2.35. The Kier molecular flexibility index (Phi) is 7.98. The predicted octanol–water partition coefficient (Wildman–Crippen LogP) is 4.17. The number of nitrogens with one attached hydrogen (secondary N) is 2. The number of non-ortho nitro benzene ring substituents is 1. The number of amides is 3. The molecule has 0 bridgehead atoms. The summed E-state index contributed by atoms with van der Waals surface area (Å²) in [6.45, 7) is 4.14. The van der Waals surface area contributed by atoms with Gasteiger partial charge in [0.2, 0.25) is 5.91 Å². The predicted molar refractivity (Wildman–Crippen MR) is 130 cm³/mol. The number of benzene rings is 2. The number of methoxy groups -OCH3 is 1. The van der Waals surface area contributed by atoms with Crippen LogP contribution in [0.3, 0.4) is 0 Å². The molecule has 0 unspecified atom stereocenters. The van der Waals surface area contributed by atoms with E-state index in [0.29, 0.717) is 34.6 Å². The van der Waals surface area contributed by atoms with Crippen LogP contribution in [0.5, 0.6) is 0 Å². The highest BCUT2D eigenvalue weighted by Crippen LogP contribution is 2.32. The van der Waals surface area contributed by atoms with Crippen LogP contribution in [0.15, 0.2) is 65.9 Å². The van der Waals surface area contributed by atoms with E-state index in [4.69, 9.17) is 4.74 Å². The van der Waals surface area contributed by atoms with Crippen LogP contribution < -0.4 is 10.6 Å². The van der Waals surface area contributed by atoms with Crippen molar-refractivity contribution in [2.45, 2.75) is 26.3 Å². The van der Waals surface area contributed by atoms with Gasteiger partial charge in [0.1, 0.15) is 0 Å². The SMILES string of the molecule is CCCN1C(=O)N[C@@H](c2ccc(NC(=O)/C=C/c3ccc([N+](=O)[O-])cc3)cc2)C(C(=O)OC)=C1C. The molecule has 1 aliphatic rings. The minimum Gasteiger partial charge on any atom is -0.466 e. The van der Waals surface area contributed by atoms with Crippen LogP contribution >= 0.6 is 0 Å². The van der Waals surface area contributed by atoms with Gasteiger partial charge in [-0.3, -0.25) is 19.8 Å². The Labute approximate surface area is 202 Å². The number of rotatable bonds is 8. The maximum atomic E-state index is 12.6. The average molecular weight is 479 g/mol. The first-order valence-corrected chi connectivity index (χ1v) is 11.0. The maximum Gasteiger partial charge on any atom is 0.337 e. The third kappa shape index (κ3) is 5.91. The first kappa shape index (κ1) is 25.2. The Morgan fingerprint density at radius 2 is 1.83 bits per heavy atom. The number of esters is 1. The molecule has 0 spiro atoms. The first-order chi connectivity index (χ1) is 16.7. The van der Waals surface area contributed by atoms with Gasteiger partial charge in [-0.05, 0) is 54.8 Å². The summed E-state index contributed by atoms with van der Waals surface area (Å²) < 4.78 is 4.96. The fourth-order valence-corrected chi connectivity index (χ4v) is 3.72. The Bertz CT molecular complexity index is 1190. The van der Waals surface area contributed by atoms with Gasteiger partial charge in [-0.25, -0.2) is 9.59 Å². The molecule has 0 aromatic heterocycles. The Morgan fingerprint density at radius 1 is 1.17 bits per heavy atom. The van der Waals surface area contributed by atoms with E-state index in [1.807, 2.05) is 6.92 Å². The number of allylic oxidation sites excluding steroid dienone is 1. The van der Waals surface area contributed by atoms with E-state index >= 15 is 0 Å². The summed E-state index contributed by atoms with van der Waals surface area (Å²) in [6.07, 6.45) is 3.60. The van der Waals surface area contributed by atoms with Gasteiger partial charge in [-0.2, -0.15) is 0 Å². The third-order valence-corrected chi connectivity index (χ3v) is 5.49. The molecule has 2 aromatic carbocycles. The molecular weight excluding hydrogens is 452 g/mol. The number of carbonyl (C=O) groups excluding carboxylic acids is 3. The lowest BCUT2D eigenvalue weighted by Gasteiger charge is -2.35. The largest absolute Gasteiger partial charge is 0.466 e. The second-order valence-electron chi connectivity index (χ2n) is 7.82. The Balaban J connectivity index is 1.73. The van der Waals surface area contributed by atoms with E-state index in [0.717, 1.165) is 6.42 Å². The highest BCUT2D eigenvalue weighted by molar-refractivity contribution is 6.02. The van der Waals surface area contributed by atoms with Crippen molar-refractivity contribution in [2.75, 3.05) is 19.0 Å². The van der Waals surface area contributed by atoms with Crippen LogP contribution in [-0.4, -0.2) is 41.4 Å². The average Bonchev–Trinajstić information content (AvgIpc) is 2.85. The van der Waals surface area contributed by atoms with Gasteiger partial charge in [0.15, 0.2) is 0 Å². The van der Waals surface area contributed by atoms with Gasteiger partial charge in [0, 0.05) is 36.1 Å². The molecular formula is C25H26N4O6. The van der Waals surface area contributed by atoms with Crippen LogP contribution in [-0.2, 0) is 14.3 Å². The molecule has 1 aliphatic heterocycles. The summed E-state index contributed by atoms with van der Waals surface area (Å²) in [5.41, 5.74) is 2.68. The number of nitro groups is 1. The second kappa shape index (κ2) is 11.1. The van der Waals surface area contributed by atoms with Crippen molar-refractivity contribution in [3.63, 3.8) is 0 Å². The number of urea groups is 1. The van der Waals surface area contributed by atoms with Crippen molar-refractivity contribution in [2.24, 2.45) is 0 Å². The smallest absolute Gasteiger partial charge is 0.337 e. The zero-order chi connectivity index (χ0) is 25.5. The van der Waals surface area contributed by atoms with Crippen LogP contribution in [0.2, 0.25) is 0 Å². The van der Waals surface area contributed by atoms with Gasteiger partial charge in [-0.15, -0.1) is 0 Å². The van der Waals surface area contributed by atoms with E-state index in [-0.39, 0.29) is 17.6 Å². The number of nitrogens with zero attached hydrogens (tertiary/aromatic N) is 2. The van der Waals surface area contributed by atoms with Crippen molar-refractivity contribution < 1.29 is 24.0 Å². The summed E-state index contributed by atoms with van der Waals surface area (Å²) in [4.78, 5) is 49.2. The van der Waals surface area contributed by atoms with E-state index in [9.17, 15) is 24.5 Å². The molecule has 10 nitrogen and oxygen atoms in total. The van der Waals surface area contributed by atoms with Crippen molar-refractivity contribution in [1.29, 1.82) is 0 Å². The first-order valence-electron chi connectivity index (χ1n) is 11.0. The van der Waals surface area contributed by atoms with Gasteiger partial charge < -0.3 is 15.4 Å². The van der Waals surface area contributed by atoms with Crippen molar-refractivity contribution in [3.8, 4) is 0 Å². The number of carbonyl (C=O) groups is 3. The highest BCUT2D eigenvalue weighted by atomic mass is 16.6. The topological polar surface area (TPSA) is 131 Å². The molecule has 3 amide bonds. The number of anilines is 1. The molecule has 2 N–H and O–H groups in total. The maximum absolute atomic E-state index is 12.6. The number of hydrogen-bond acceptors (Lipinski definition) is 6. The zero-order valence-corrected chi connectivity index (χ0v) is 19.6. The van der Waals surface area contributed by atoms with Crippen LogP contribution in [0.25, 0.3) is 6.08 Å². The Morgan fingerprint density at radius 3 is 2.40 bits per heavy atom. The van der Waals surface area contributed by atoms with E-state index < -0.39 is 16.9 Å². The molecule has 0 saturated carbocycles. The van der Waals surface area contributed by atoms with Gasteiger partial charge >= 0.3 is 12.0 Å². The van der Waals surface area contributed by atoms with Gasteiger partial charge in [0.05, 0.1) is 23.6 Å². The number of nitro benzene ring substituents is 1. The molecule has 3 rings (SSSR count). The standard InChI is InChI=1S/C25H26N4O6/c1-4-15-28-16(2)22(24(31)35-3)23(27-25(28)32)18-8-10-19(11-9-18)26-21(30)14-7-17-5-12-20(13-6-17)29(33)34/h5-14,23H,4,15H2,1-3H3,(H,26,30)(H,27,32)/b14-7+/t23-/m0/s1. The lowest BCUT2D eigenvalue weighted by atomic mass is 9.94. The summed E-state index contributed by atoms with van der Waals surface area (Å²) in [5, 5.41) is 16.3. The van der Waals surface area contributed by atoms with Crippen LogP contribution in [0.4, 0.5) is 16.2 Å². The number of hydrogen-bond donors (Lipinski definition) is 2. The molecule has 0 fully saturated rings. The number of ether oxygens (including phenoxy) is 1. The summed E-state index contributed by atoms with van der Waals surface area (Å²) in [7, 11) is 1.29. The zero-order valence-electron chi connectivity index (χ0n) is 19.6. The normalized spacial score (nSPS) is 15.7. The lowest BCUT2D eigenvalue weighted by molar-refractivity contribution is -0.384. The van der Waals surface area contributed by atoms with E-state index in [2.05, 4.69) is 10.6 Å². The molecule has 2 aromatic rings. The molecule has 10 heteroatoms. The molecule has 182 valence electrons. The second-order valence-corrected chi connectivity index (χ2v) is 7.82. The minimum absolute atomic E-state index is 0.0284. The van der Waals surface area contributed by atoms with Gasteiger partial charge in [-0.1, -0.05) is 19.1 Å². The molecule has 1 heterocycles. The van der Waals surface area contributed by atoms with Crippen molar-refractivity contribution in [1.82, 2.24) is 10.2 Å². The molecule has 1 atom stereocenters. The van der Waals surface area contributed by atoms with Crippen LogP contribution in [0.1, 0.15) is 37.4 Å². The van der Waals surface area contributed by atoms with Crippen molar-refractivity contribution >= 4 is 35.4 Å². The third-order valence-electron chi connectivity index (χ3n) is 5.49. The van der Waals surface area contributed by atoms with Crippen LogP contribution in [0, 0.1) is 10.1 Å². The van der Waals surface area contributed by atoms with Crippen molar-refractivity contribution in [3.05, 3.63) is 87.1 Å². The molecule has 0 saturated heterocycles. The monoisotopic (exact) mass is 478 g/mol. The molecule has 0 aliphatic carbocycles. The summed E-state index contributed by atoms with van der Waals surface area (Å²) >= 11 is 0. The fraction of sp³-hybridized carbons (Fsp3) is 0.240. The lowest BCUT2D eigenvalue weighted by Crippen LogP contribution is -2.48. The summed E-state index contributed by atoms with van der Waals surface area (Å²) in [5.74, 6) is -0.911. The quantitative estimate of drug-likeness (QED) is 0.253. The molecule has 0 radical (unpaired) electrons. The molecule has 35 heavy (non-hydrogen) atoms. The van der Waals surface area contributed by atoms with Gasteiger partial charge in [0.25, 0.3) is 5.69 Å². The van der Waals surface area contributed by atoms with E-state index in [1.54, 1.807) is 49.4 Å². The summed E-state index contributed by atoms with van der Waals surface area (Å²) in [6, 6.07) is 11.6. The fourth-order valence-electron chi connectivity index (χ4n) is 3.72. The Hall–Kier alpha value is -4.47. The minimum atomic E-state index is -0.685.